The molecule has 1 aliphatic carbocycles. The lowest BCUT2D eigenvalue weighted by Crippen LogP contribution is -2.41. The lowest BCUT2D eigenvalue weighted by atomic mass is 9.82. The van der Waals surface area contributed by atoms with Crippen molar-refractivity contribution < 1.29 is 15.0 Å². The number of carbonyl (C=O) groups is 1. The Labute approximate surface area is 103 Å². The highest BCUT2D eigenvalue weighted by atomic mass is 16.3. The Morgan fingerprint density at radius 3 is 2.41 bits per heavy atom. The van der Waals surface area contributed by atoms with Gasteiger partial charge in [0.05, 0.1) is 18.1 Å². The molecule has 0 saturated heterocycles. The Kier molecular flexibility index (Phi) is 5.40. The quantitative estimate of drug-likeness (QED) is 0.679. The van der Waals surface area contributed by atoms with E-state index in [-0.39, 0.29) is 24.8 Å². The molecule has 4 heteroatoms. The Bertz CT molecular complexity index is 247. The van der Waals surface area contributed by atoms with E-state index in [0.717, 1.165) is 19.3 Å². The van der Waals surface area contributed by atoms with Gasteiger partial charge >= 0.3 is 0 Å². The summed E-state index contributed by atoms with van der Waals surface area (Å²) in [6.07, 6.45) is 4.23. The highest BCUT2D eigenvalue weighted by Crippen LogP contribution is 2.30. The number of nitrogens with one attached hydrogen (secondary N) is 1. The van der Waals surface area contributed by atoms with Crippen molar-refractivity contribution in [1.82, 2.24) is 5.32 Å². The minimum absolute atomic E-state index is 0.132. The number of hydrogen-bond donors (Lipinski definition) is 3. The van der Waals surface area contributed by atoms with Crippen LogP contribution in [0.4, 0.5) is 0 Å². The summed E-state index contributed by atoms with van der Waals surface area (Å²) in [5.41, 5.74) is -0.814. The minimum atomic E-state index is -0.814. The average Bonchev–Trinajstić information content (AvgIpc) is 2.26. The van der Waals surface area contributed by atoms with Gasteiger partial charge in [-0.3, -0.25) is 4.79 Å². The van der Waals surface area contributed by atoms with Crippen LogP contribution in [0, 0.1) is 5.92 Å². The van der Waals surface area contributed by atoms with Gasteiger partial charge in [0.1, 0.15) is 0 Å². The first-order valence-electron chi connectivity index (χ1n) is 6.60. The van der Waals surface area contributed by atoms with Crippen molar-refractivity contribution in [3.05, 3.63) is 0 Å². The van der Waals surface area contributed by atoms with Gasteiger partial charge in [-0.15, -0.1) is 0 Å². The number of carbonyl (C=O) groups excluding carboxylic acids is 1. The van der Waals surface area contributed by atoms with E-state index >= 15 is 0 Å². The summed E-state index contributed by atoms with van der Waals surface area (Å²) in [7, 11) is 0. The Morgan fingerprint density at radius 1 is 1.29 bits per heavy atom. The summed E-state index contributed by atoms with van der Waals surface area (Å²) in [6.45, 7) is 4.09. The van der Waals surface area contributed by atoms with Gasteiger partial charge in [0.15, 0.2) is 0 Å². The van der Waals surface area contributed by atoms with Crippen LogP contribution in [0.25, 0.3) is 0 Å². The van der Waals surface area contributed by atoms with Crippen LogP contribution in [0.15, 0.2) is 0 Å². The van der Waals surface area contributed by atoms with Crippen LogP contribution in [0.5, 0.6) is 0 Å². The van der Waals surface area contributed by atoms with E-state index in [1.54, 1.807) is 0 Å². The summed E-state index contributed by atoms with van der Waals surface area (Å²) in [5, 5.41) is 22.4. The third-order valence-electron chi connectivity index (χ3n) is 3.55. The first-order valence-corrected chi connectivity index (χ1v) is 6.60. The molecule has 1 fully saturated rings. The van der Waals surface area contributed by atoms with E-state index in [4.69, 9.17) is 0 Å². The molecule has 4 nitrogen and oxygen atoms in total. The Hall–Kier alpha value is -0.610. The van der Waals surface area contributed by atoms with Gasteiger partial charge in [0, 0.05) is 6.54 Å². The SMILES string of the molecule is CC(C)C(O)CNC(=O)CC1(O)CCCCC1. The summed E-state index contributed by atoms with van der Waals surface area (Å²) in [6, 6.07) is 0. The monoisotopic (exact) mass is 243 g/mol. The second-order valence-electron chi connectivity index (χ2n) is 5.58. The highest BCUT2D eigenvalue weighted by molar-refractivity contribution is 5.77. The molecule has 0 heterocycles. The molecule has 0 spiro atoms. The lowest BCUT2D eigenvalue weighted by Gasteiger charge is -2.31. The first kappa shape index (κ1) is 14.5. The van der Waals surface area contributed by atoms with Crippen LogP contribution in [0.1, 0.15) is 52.4 Å². The van der Waals surface area contributed by atoms with E-state index in [1.165, 1.54) is 0 Å². The molecule has 0 radical (unpaired) electrons. The fraction of sp³-hybridized carbons (Fsp3) is 0.923. The molecular formula is C13H25NO3. The molecule has 1 aliphatic rings. The van der Waals surface area contributed by atoms with E-state index < -0.39 is 11.7 Å². The molecule has 1 saturated carbocycles. The van der Waals surface area contributed by atoms with Crippen LogP contribution in [-0.4, -0.2) is 34.4 Å². The van der Waals surface area contributed by atoms with E-state index in [0.29, 0.717) is 12.8 Å². The molecule has 100 valence electrons. The maximum atomic E-state index is 11.7. The number of aliphatic hydroxyl groups is 2. The molecule has 1 atom stereocenters. The van der Waals surface area contributed by atoms with Crippen LogP contribution < -0.4 is 5.32 Å². The zero-order valence-corrected chi connectivity index (χ0v) is 10.9. The van der Waals surface area contributed by atoms with Crippen molar-refractivity contribution in [2.75, 3.05) is 6.54 Å². The van der Waals surface area contributed by atoms with Gasteiger partial charge in [-0.2, -0.15) is 0 Å². The smallest absolute Gasteiger partial charge is 0.222 e. The van der Waals surface area contributed by atoms with E-state index in [2.05, 4.69) is 5.32 Å². The molecule has 0 aromatic carbocycles. The van der Waals surface area contributed by atoms with Crippen LogP contribution in [-0.2, 0) is 4.79 Å². The van der Waals surface area contributed by atoms with Crippen molar-refractivity contribution in [2.45, 2.75) is 64.1 Å². The third kappa shape index (κ3) is 5.04. The van der Waals surface area contributed by atoms with E-state index in [9.17, 15) is 15.0 Å². The normalized spacial score (nSPS) is 21.2. The number of rotatable bonds is 5. The number of amides is 1. The zero-order valence-electron chi connectivity index (χ0n) is 10.9. The van der Waals surface area contributed by atoms with Crippen LogP contribution >= 0.6 is 0 Å². The summed E-state index contributed by atoms with van der Waals surface area (Å²) in [4.78, 5) is 11.7. The molecule has 1 amide bonds. The van der Waals surface area contributed by atoms with Crippen LogP contribution in [0.3, 0.4) is 0 Å². The van der Waals surface area contributed by atoms with Crippen molar-refractivity contribution in [3.8, 4) is 0 Å². The molecular weight excluding hydrogens is 218 g/mol. The highest BCUT2D eigenvalue weighted by Gasteiger charge is 2.31. The molecule has 0 bridgehead atoms. The zero-order chi connectivity index (χ0) is 12.9. The summed E-state index contributed by atoms with van der Waals surface area (Å²) in [5.74, 6) is -0.0258. The third-order valence-corrected chi connectivity index (χ3v) is 3.55. The molecule has 1 rings (SSSR count). The predicted octanol–water partition coefficient (Wildman–Crippen LogP) is 1.20. The van der Waals surface area contributed by atoms with Crippen LogP contribution in [0.2, 0.25) is 0 Å². The summed E-state index contributed by atoms with van der Waals surface area (Å²) < 4.78 is 0. The standard InChI is InChI=1S/C13H25NO3/c1-10(2)11(15)9-14-12(16)8-13(17)6-4-3-5-7-13/h10-11,15,17H,3-9H2,1-2H3,(H,14,16). The molecule has 0 aromatic heterocycles. The Balaban J connectivity index is 2.28. The lowest BCUT2D eigenvalue weighted by molar-refractivity contribution is -0.128. The van der Waals surface area contributed by atoms with E-state index in [1.807, 2.05) is 13.8 Å². The molecule has 17 heavy (non-hydrogen) atoms. The van der Waals surface area contributed by atoms with Gasteiger partial charge in [-0.1, -0.05) is 33.1 Å². The molecule has 0 aromatic rings. The molecule has 3 N–H and O–H groups in total. The first-order chi connectivity index (χ1) is 7.93. The summed E-state index contributed by atoms with van der Waals surface area (Å²) >= 11 is 0. The molecule has 0 aliphatic heterocycles. The van der Waals surface area contributed by atoms with Gasteiger partial charge in [0.2, 0.25) is 5.91 Å². The largest absolute Gasteiger partial charge is 0.391 e. The predicted molar refractivity (Wildman–Crippen MR) is 66.5 cm³/mol. The van der Waals surface area contributed by atoms with Crippen molar-refractivity contribution in [1.29, 1.82) is 0 Å². The van der Waals surface area contributed by atoms with Gasteiger partial charge in [-0.25, -0.2) is 0 Å². The number of aliphatic hydroxyl groups excluding tert-OH is 1. The van der Waals surface area contributed by atoms with Gasteiger partial charge in [0.25, 0.3) is 0 Å². The van der Waals surface area contributed by atoms with Crippen molar-refractivity contribution >= 4 is 5.91 Å². The second-order valence-corrected chi connectivity index (χ2v) is 5.58. The van der Waals surface area contributed by atoms with Gasteiger partial charge < -0.3 is 15.5 Å². The maximum absolute atomic E-state index is 11.7. The second kappa shape index (κ2) is 6.36. The Morgan fingerprint density at radius 2 is 1.88 bits per heavy atom. The maximum Gasteiger partial charge on any atom is 0.222 e. The fourth-order valence-corrected chi connectivity index (χ4v) is 2.20. The van der Waals surface area contributed by atoms with Crippen molar-refractivity contribution in [2.24, 2.45) is 5.92 Å². The minimum Gasteiger partial charge on any atom is -0.391 e. The number of hydrogen-bond acceptors (Lipinski definition) is 3. The average molecular weight is 243 g/mol. The van der Waals surface area contributed by atoms with Gasteiger partial charge in [-0.05, 0) is 18.8 Å². The fourth-order valence-electron chi connectivity index (χ4n) is 2.20. The van der Waals surface area contributed by atoms with Crippen molar-refractivity contribution in [3.63, 3.8) is 0 Å². The topological polar surface area (TPSA) is 69.6 Å². The molecule has 1 unspecified atom stereocenters.